The van der Waals surface area contributed by atoms with Crippen LogP contribution in [0.5, 0.6) is 0 Å². The van der Waals surface area contributed by atoms with E-state index in [1.54, 1.807) is 6.20 Å². The number of hydrogen-bond donors (Lipinski definition) is 0. The number of rotatable bonds is 4. The first-order valence-electron chi connectivity index (χ1n) is 13.0. The third kappa shape index (κ3) is 6.28. The first kappa shape index (κ1) is 28.6. The average molecular weight is 705 g/mol. The van der Waals surface area contributed by atoms with Gasteiger partial charge in [-0.15, -0.1) is 54.1 Å². The third-order valence-corrected chi connectivity index (χ3v) is 8.63. The number of furan rings is 1. The average Bonchev–Trinajstić information content (AvgIpc) is 3.33. The molecule has 5 heteroatoms. The minimum atomic E-state index is -1.50. The molecule has 3 aromatic carbocycles. The van der Waals surface area contributed by atoms with Crippen LogP contribution in [0.4, 0.5) is 0 Å². The summed E-state index contributed by atoms with van der Waals surface area (Å²) in [6.07, 6.45) is 3.67. The van der Waals surface area contributed by atoms with E-state index >= 15 is 0 Å². The number of fused-ring (bicyclic) bond motifs is 3. The molecule has 0 aliphatic rings. The van der Waals surface area contributed by atoms with Crippen molar-refractivity contribution in [3.8, 4) is 22.5 Å². The van der Waals surface area contributed by atoms with Crippen LogP contribution in [0.1, 0.15) is 25.3 Å². The van der Waals surface area contributed by atoms with Crippen molar-refractivity contribution in [2.45, 2.75) is 39.4 Å². The smallest absolute Gasteiger partial charge is 0.120 e. The van der Waals surface area contributed by atoms with E-state index in [1.165, 1.54) is 16.1 Å². The van der Waals surface area contributed by atoms with Crippen LogP contribution in [-0.4, -0.2) is 18.0 Å². The van der Waals surface area contributed by atoms with Crippen molar-refractivity contribution < 1.29 is 24.5 Å². The van der Waals surface area contributed by atoms with E-state index in [0.29, 0.717) is 5.92 Å². The molecule has 6 rings (SSSR count). The maximum Gasteiger partial charge on any atom is 0.120 e. The number of nitrogens with zero attached hydrogens (tertiary/aromatic N) is 2. The predicted octanol–water partition coefficient (Wildman–Crippen LogP) is 8.66. The monoisotopic (exact) mass is 705 g/mol. The van der Waals surface area contributed by atoms with Crippen LogP contribution >= 0.6 is 0 Å². The molecule has 3 nitrogen and oxygen atoms in total. The van der Waals surface area contributed by atoms with Gasteiger partial charge in [0.05, 0.1) is 13.7 Å². The number of para-hydroxylation sites is 1. The zero-order chi connectivity index (χ0) is 26.7. The minimum Gasteiger partial charge on any atom is -0.501 e. The normalized spacial score (nSPS) is 11.2. The molecule has 0 atom stereocenters. The van der Waals surface area contributed by atoms with Crippen LogP contribution in [-0.2, 0) is 20.1 Å². The number of pyridine rings is 2. The van der Waals surface area contributed by atoms with E-state index in [2.05, 4.69) is 92.0 Å². The van der Waals surface area contributed by atoms with Crippen LogP contribution in [0.15, 0.2) is 102 Å². The fraction of sp³-hybridized carbons (Fsp3) is 0.176. The Balaban J connectivity index is 0.000000228. The first-order valence-corrected chi connectivity index (χ1v) is 16.5. The Labute approximate surface area is 245 Å². The quantitative estimate of drug-likeness (QED) is 0.136. The summed E-state index contributed by atoms with van der Waals surface area (Å²) < 4.78 is 6.46. The first-order chi connectivity index (χ1) is 18.3. The summed E-state index contributed by atoms with van der Waals surface area (Å²) in [5, 5.41) is 3.70. The standard InChI is InChI=1S/C23H24NOSi.C11H8N.Ir/c1-15(2)16-12-13-24-20(14-16)19-10-6-8-17-18-9-7-11-21(26(3,4)5)23(18)25-22(17)19;1-2-6-10(7-3-1)11-8-4-5-9-12-11;/h6-9,11-15H,1-5H3;1-6,8-9H;/q2*-1;. The molecule has 0 bridgehead atoms. The largest absolute Gasteiger partial charge is 0.501 e. The second kappa shape index (κ2) is 12.2. The van der Waals surface area contributed by atoms with E-state index in [9.17, 15) is 0 Å². The number of aromatic nitrogens is 2. The Kier molecular flexibility index (Phi) is 8.96. The molecule has 0 unspecified atom stereocenters. The Morgan fingerprint density at radius 1 is 0.718 bits per heavy atom. The molecule has 0 fully saturated rings. The zero-order valence-corrected chi connectivity index (χ0v) is 26.3. The van der Waals surface area contributed by atoms with Crippen molar-refractivity contribution in [3.63, 3.8) is 0 Å². The molecular weight excluding hydrogens is 673 g/mol. The molecule has 199 valence electrons. The van der Waals surface area contributed by atoms with Crippen molar-refractivity contribution in [1.82, 2.24) is 9.97 Å². The molecule has 0 aliphatic heterocycles. The molecule has 3 heterocycles. The van der Waals surface area contributed by atoms with Gasteiger partial charge in [-0.1, -0.05) is 86.4 Å². The van der Waals surface area contributed by atoms with Gasteiger partial charge in [-0.05, 0) is 34.6 Å². The fourth-order valence-electron chi connectivity index (χ4n) is 4.56. The summed E-state index contributed by atoms with van der Waals surface area (Å²) in [4.78, 5) is 8.82. The van der Waals surface area contributed by atoms with Crippen LogP contribution in [0.25, 0.3) is 44.5 Å². The summed E-state index contributed by atoms with van der Waals surface area (Å²) in [5.41, 5.74) is 7.08. The maximum atomic E-state index is 6.46. The van der Waals surface area contributed by atoms with Crippen molar-refractivity contribution in [2.75, 3.05) is 0 Å². The number of hydrogen-bond acceptors (Lipinski definition) is 3. The van der Waals surface area contributed by atoms with Crippen molar-refractivity contribution in [1.29, 1.82) is 0 Å². The van der Waals surface area contributed by atoms with Gasteiger partial charge < -0.3 is 14.4 Å². The molecule has 0 N–H and O–H groups in total. The topological polar surface area (TPSA) is 38.9 Å². The zero-order valence-electron chi connectivity index (χ0n) is 23.0. The van der Waals surface area contributed by atoms with Crippen LogP contribution in [0.3, 0.4) is 0 Å². The molecule has 6 aromatic rings. The van der Waals surface area contributed by atoms with Gasteiger partial charge in [0.15, 0.2) is 0 Å². The summed E-state index contributed by atoms with van der Waals surface area (Å²) >= 11 is 0. The van der Waals surface area contributed by atoms with Gasteiger partial charge >= 0.3 is 0 Å². The van der Waals surface area contributed by atoms with Crippen molar-refractivity contribution in [3.05, 3.63) is 115 Å². The second-order valence-electron chi connectivity index (χ2n) is 10.8. The van der Waals surface area contributed by atoms with Gasteiger partial charge in [0.1, 0.15) is 5.58 Å². The van der Waals surface area contributed by atoms with Crippen LogP contribution < -0.4 is 5.19 Å². The van der Waals surface area contributed by atoms with Crippen molar-refractivity contribution >= 4 is 35.2 Å². The Morgan fingerprint density at radius 3 is 2.18 bits per heavy atom. The van der Waals surface area contributed by atoms with E-state index < -0.39 is 8.07 Å². The van der Waals surface area contributed by atoms with Gasteiger partial charge in [0.2, 0.25) is 0 Å². The molecule has 0 aliphatic carbocycles. The van der Waals surface area contributed by atoms with Crippen LogP contribution in [0, 0.1) is 12.1 Å². The molecule has 3 aromatic heterocycles. The summed E-state index contributed by atoms with van der Waals surface area (Å²) in [7, 11) is -1.50. The Bertz CT molecular complexity index is 1640. The predicted molar refractivity (Wildman–Crippen MR) is 161 cm³/mol. The van der Waals surface area contributed by atoms with E-state index in [-0.39, 0.29) is 20.1 Å². The molecule has 39 heavy (non-hydrogen) atoms. The number of benzene rings is 3. The van der Waals surface area contributed by atoms with Gasteiger partial charge in [-0.2, -0.15) is 0 Å². The van der Waals surface area contributed by atoms with Gasteiger partial charge in [-0.25, -0.2) is 0 Å². The van der Waals surface area contributed by atoms with Crippen molar-refractivity contribution in [2.24, 2.45) is 0 Å². The molecule has 0 spiro atoms. The Morgan fingerprint density at radius 2 is 1.49 bits per heavy atom. The van der Waals surface area contributed by atoms with E-state index in [1.807, 2.05) is 54.7 Å². The SMILES string of the molecule is CC(C)c1ccnc(-c2[c-]ccc3c2oc2c([Si](C)(C)C)cccc23)c1.[Ir].[c-]1ccccc1-c1ccccn1. The third-order valence-electron chi connectivity index (χ3n) is 6.62. The summed E-state index contributed by atoms with van der Waals surface area (Å²) in [6.45, 7) is 11.5. The fourth-order valence-corrected chi connectivity index (χ4v) is 6.02. The Hall–Kier alpha value is -3.37. The molecule has 0 saturated carbocycles. The molecule has 0 saturated heterocycles. The second-order valence-corrected chi connectivity index (χ2v) is 15.8. The minimum absolute atomic E-state index is 0. The van der Waals surface area contributed by atoms with Gasteiger partial charge in [0.25, 0.3) is 0 Å². The summed E-state index contributed by atoms with van der Waals surface area (Å²) in [6, 6.07) is 35.0. The van der Waals surface area contributed by atoms with Gasteiger partial charge in [0, 0.05) is 37.9 Å². The molecular formula is C34H32IrN2OSi-2. The molecule has 0 amide bonds. The maximum absolute atomic E-state index is 6.46. The van der Waals surface area contributed by atoms with Crippen LogP contribution in [0.2, 0.25) is 19.6 Å². The summed E-state index contributed by atoms with van der Waals surface area (Å²) in [5.74, 6) is 0.463. The van der Waals surface area contributed by atoms with Gasteiger partial charge in [-0.3, -0.25) is 0 Å². The van der Waals surface area contributed by atoms with E-state index in [4.69, 9.17) is 4.42 Å². The molecule has 1 radical (unpaired) electrons. The van der Waals surface area contributed by atoms with E-state index in [0.717, 1.165) is 39.1 Å².